The monoisotopic (exact) mass is 475 g/mol. The van der Waals surface area contributed by atoms with E-state index in [1.807, 2.05) is 53.3 Å². The average Bonchev–Trinajstić information content (AvgIpc) is 3.57. The molecule has 0 aliphatic carbocycles. The number of amides is 1. The van der Waals surface area contributed by atoms with Gasteiger partial charge < -0.3 is 19.5 Å². The number of aromatic nitrogens is 3. The van der Waals surface area contributed by atoms with E-state index in [2.05, 4.69) is 20.5 Å². The molecule has 1 N–H and O–H groups in total. The summed E-state index contributed by atoms with van der Waals surface area (Å²) >= 11 is 0. The largest absolute Gasteiger partial charge is 0.497 e. The molecule has 4 aliphatic rings. The molecule has 0 radical (unpaired) electrons. The van der Waals surface area contributed by atoms with Gasteiger partial charge in [-0.15, -0.1) is 5.10 Å². The Balaban J connectivity index is 1.05. The zero-order chi connectivity index (χ0) is 23.8. The lowest BCUT2D eigenvalue weighted by Gasteiger charge is -2.49. The van der Waals surface area contributed by atoms with Crippen molar-refractivity contribution < 1.29 is 19.0 Å². The van der Waals surface area contributed by atoms with E-state index in [1.165, 1.54) is 0 Å². The molecular formula is C26H29N5O4. The third-order valence-electron chi connectivity index (χ3n) is 7.44. The van der Waals surface area contributed by atoms with Crippen molar-refractivity contribution in [2.75, 3.05) is 27.0 Å². The minimum absolute atomic E-state index is 0.0274. The van der Waals surface area contributed by atoms with Gasteiger partial charge in [-0.3, -0.25) is 14.4 Å². The Morgan fingerprint density at radius 2 is 2.03 bits per heavy atom. The molecule has 5 heterocycles. The molecule has 182 valence electrons. The van der Waals surface area contributed by atoms with E-state index in [9.17, 15) is 4.79 Å². The molecule has 3 saturated heterocycles. The highest BCUT2D eigenvalue weighted by Crippen LogP contribution is 2.37. The first-order valence-corrected chi connectivity index (χ1v) is 12.1. The number of benzene rings is 2. The normalized spacial score (nSPS) is 24.4. The van der Waals surface area contributed by atoms with Gasteiger partial charge in [0.2, 0.25) is 12.7 Å². The number of nitrogens with one attached hydrogen (secondary N) is 1. The molecular weight excluding hydrogens is 446 g/mol. The highest BCUT2D eigenvalue weighted by Gasteiger charge is 2.43. The van der Waals surface area contributed by atoms with Crippen LogP contribution in [-0.2, 0) is 17.9 Å². The molecule has 35 heavy (non-hydrogen) atoms. The van der Waals surface area contributed by atoms with Gasteiger partial charge in [-0.05, 0) is 67.3 Å². The van der Waals surface area contributed by atoms with Crippen molar-refractivity contribution in [1.82, 2.24) is 25.2 Å². The maximum absolute atomic E-state index is 13.0. The number of fused-ring (bicyclic) bond motifs is 4. The van der Waals surface area contributed by atoms with Gasteiger partial charge in [0.1, 0.15) is 11.4 Å². The second-order valence-corrected chi connectivity index (χ2v) is 9.50. The second-order valence-electron chi connectivity index (χ2n) is 9.50. The molecule has 0 spiro atoms. The molecule has 1 aromatic heterocycles. The van der Waals surface area contributed by atoms with Crippen LogP contribution in [0.3, 0.4) is 0 Å². The molecule has 0 saturated carbocycles. The van der Waals surface area contributed by atoms with Crippen LogP contribution in [0.25, 0.3) is 11.3 Å². The molecule has 1 amide bonds. The molecule has 4 atom stereocenters. The minimum atomic E-state index is 0.0274. The van der Waals surface area contributed by atoms with E-state index in [0.29, 0.717) is 18.5 Å². The smallest absolute Gasteiger partial charge is 0.231 e. The van der Waals surface area contributed by atoms with Crippen molar-refractivity contribution in [3.8, 4) is 28.5 Å². The Morgan fingerprint density at radius 1 is 1.17 bits per heavy atom. The van der Waals surface area contributed by atoms with E-state index in [1.54, 1.807) is 7.11 Å². The summed E-state index contributed by atoms with van der Waals surface area (Å²) in [4.78, 5) is 15.5. The predicted octanol–water partition coefficient (Wildman–Crippen LogP) is 2.71. The summed E-state index contributed by atoms with van der Waals surface area (Å²) < 4.78 is 18.0. The maximum atomic E-state index is 13.0. The number of methoxy groups -OCH3 is 1. The quantitative estimate of drug-likeness (QED) is 0.562. The van der Waals surface area contributed by atoms with Gasteiger partial charge >= 0.3 is 0 Å². The van der Waals surface area contributed by atoms with Gasteiger partial charge in [0, 0.05) is 24.7 Å². The van der Waals surface area contributed by atoms with Crippen molar-refractivity contribution in [3.63, 3.8) is 0 Å². The van der Waals surface area contributed by atoms with Crippen LogP contribution in [0.5, 0.6) is 17.2 Å². The predicted molar refractivity (Wildman–Crippen MR) is 128 cm³/mol. The molecule has 7 rings (SSSR count). The first kappa shape index (κ1) is 21.9. The summed E-state index contributed by atoms with van der Waals surface area (Å²) in [6.45, 7) is 3.35. The van der Waals surface area contributed by atoms with Crippen LogP contribution >= 0.6 is 0 Å². The number of rotatable bonds is 7. The lowest BCUT2D eigenvalue weighted by molar-refractivity contribution is -0.133. The van der Waals surface area contributed by atoms with E-state index in [4.69, 9.17) is 14.2 Å². The number of piperidine rings is 3. The Hall–Kier alpha value is -3.59. The van der Waals surface area contributed by atoms with E-state index < -0.39 is 0 Å². The van der Waals surface area contributed by atoms with Crippen molar-refractivity contribution in [1.29, 1.82) is 0 Å². The first-order valence-electron chi connectivity index (χ1n) is 12.1. The van der Waals surface area contributed by atoms with Crippen LogP contribution in [0.4, 0.5) is 0 Å². The molecule has 2 aromatic carbocycles. The molecule has 2 bridgehead atoms. The van der Waals surface area contributed by atoms with E-state index in [-0.39, 0.29) is 18.6 Å². The van der Waals surface area contributed by atoms with Crippen LogP contribution in [0.2, 0.25) is 0 Å². The SMILES string of the molecule is COc1ccc(-c2cn(C[C@H]3CC4CCN3C[C@@H]4C(=O)NCc3ccc4c(c3)OCO4)nn2)cc1. The fourth-order valence-electron chi connectivity index (χ4n) is 5.49. The van der Waals surface area contributed by atoms with Gasteiger partial charge in [-0.2, -0.15) is 0 Å². The van der Waals surface area contributed by atoms with Gasteiger partial charge in [0.05, 0.1) is 25.8 Å². The van der Waals surface area contributed by atoms with Gasteiger partial charge in [0.15, 0.2) is 11.5 Å². The lowest BCUT2D eigenvalue weighted by Crippen LogP contribution is -2.57. The molecule has 2 unspecified atom stereocenters. The summed E-state index contributed by atoms with van der Waals surface area (Å²) in [5, 5.41) is 11.9. The summed E-state index contributed by atoms with van der Waals surface area (Å²) in [5.41, 5.74) is 2.88. The van der Waals surface area contributed by atoms with E-state index >= 15 is 0 Å². The van der Waals surface area contributed by atoms with Gasteiger partial charge in [-0.25, -0.2) is 0 Å². The summed E-state index contributed by atoms with van der Waals surface area (Å²) in [6, 6.07) is 14.0. The van der Waals surface area contributed by atoms with Crippen molar-refractivity contribution in [2.24, 2.45) is 11.8 Å². The number of carbonyl (C=O) groups is 1. The first-order chi connectivity index (χ1) is 17.2. The number of nitrogens with zero attached hydrogens (tertiary/aromatic N) is 4. The van der Waals surface area contributed by atoms with Crippen LogP contribution in [-0.4, -0.2) is 58.8 Å². The molecule has 9 nitrogen and oxygen atoms in total. The molecule has 4 aliphatic heterocycles. The Morgan fingerprint density at radius 3 is 2.83 bits per heavy atom. The van der Waals surface area contributed by atoms with Crippen molar-refractivity contribution in [3.05, 3.63) is 54.2 Å². The third-order valence-corrected chi connectivity index (χ3v) is 7.44. The standard InChI is InChI=1S/C26H29N5O4/c1-33-21-5-3-18(4-6-21)23-15-31(29-28-23)13-20-11-19-8-9-30(20)14-22(19)26(32)27-12-17-2-7-24-25(10-17)35-16-34-24/h2-7,10,15,19-20,22H,8-9,11-14,16H2,1H3,(H,27,32)/t19?,20-,22+/m1/s1. The highest BCUT2D eigenvalue weighted by atomic mass is 16.7. The van der Waals surface area contributed by atoms with Crippen molar-refractivity contribution in [2.45, 2.75) is 32.0 Å². The summed E-state index contributed by atoms with van der Waals surface area (Å²) in [5.74, 6) is 2.88. The molecule has 9 heteroatoms. The topological polar surface area (TPSA) is 90.7 Å². The Kier molecular flexibility index (Phi) is 5.77. The van der Waals surface area contributed by atoms with Crippen LogP contribution in [0, 0.1) is 11.8 Å². The fourth-order valence-corrected chi connectivity index (χ4v) is 5.49. The van der Waals surface area contributed by atoms with Crippen LogP contribution in [0.15, 0.2) is 48.7 Å². The number of carbonyl (C=O) groups excluding carboxylic acids is 1. The average molecular weight is 476 g/mol. The zero-order valence-corrected chi connectivity index (χ0v) is 19.7. The number of hydrogen-bond donors (Lipinski definition) is 1. The second kappa shape index (κ2) is 9.22. The minimum Gasteiger partial charge on any atom is -0.497 e. The summed E-state index contributed by atoms with van der Waals surface area (Å²) in [6.07, 6.45) is 4.06. The van der Waals surface area contributed by atoms with E-state index in [0.717, 1.165) is 66.5 Å². The van der Waals surface area contributed by atoms with Crippen LogP contribution < -0.4 is 19.5 Å². The third kappa shape index (κ3) is 4.43. The van der Waals surface area contributed by atoms with Gasteiger partial charge in [0.25, 0.3) is 0 Å². The molecule has 3 aromatic rings. The Labute approximate surface area is 204 Å². The lowest BCUT2D eigenvalue weighted by atomic mass is 9.75. The number of ether oxygens (including phenoxy) is 3. The number of hydrogen-bond acceptors (Lipinski definition) is 7. The zero-order valence-electron chi connectivity index (χ0n) is 19.7. The highest BCUT2D eigenvalue weighted by molar-refractivity contribution is 5.79. The summed E-state index contributed by atoms with van der Waals surface area (Å²) in [7, 11) is 1.66. The van der Waals surface area contributed by atoms with Crippen LogP contribution in [0.1, 0.15) is 18.4 Å². The molecule has 3 fully saturated rings. The maximum Gasteiger partial charge on any atom is 0.231 e. The Bertz CT molecular complexity index is 1210. The van der Waals surface area contributed by atoms with Gasteiger partial charge in [-0.1, -0.05) is 11.3 Å². The fraction of sp³-hybridized carbons (Fsp3) is 0.423. The van der Waals surface area contributed by atoms with Crippen molar-refractivity contribution >= 4 is 5.91 Å².